The summed E-state index contributed by atoms with van der Waals surface area (Å²) in [6, 6.07) is 6.25. The summed E-state index contributed by atoms with van der Waals surface area (Å²) >= 11 is 5.01. The quantitative estimate of drug-likeness (QED) is 0.343. The zero-order valence-electron chi connectivity index (χ0n) is 10.1. The molecule has 0 fully saturated rings. The first kappa shape index (κ1) is 17.3. The SMILES string of the molecule is COc1ccc(-c2cc(=S)ss2)cc1S(=O)(=O)[O-].[Na+]. The Kier molecular flexibility index (Phi) is 6.15. The maximum atomic E-state index is 11.2. The molecule has 0 amide bonds. The summed E-state index contributed by atoms with van der Waals surface area (Å²) < 4.78 is 39.0. The molecule has 2 aromatic rings. The summed E-state index contributed by atoms with van der Waals surface area (Å²) in [5, 5.41) is 0. The molecule has 0 saturated heterocycles. The van der Waals surface area contributed by atoms with E-state index in [0.717, 1.165) is 8.70 Å². The third-order valence-electron chi connectivity index (χ3n) is 2.18. The van der Waals surface area contributed by atoms with E-state index in [2.05, 4.69) is 0 Å². The Morgan fingerprint density at radius 2 is 1.95 bits per heavy atom. The maximum absolute atomic E-state index is 11.2. The maximum Gasteiger partial charge on any atom is 1.00 e. The zero-order chi connectivity index (χ0) is 13.3. The van der Waals surface area contributed by atoms with Crippen molar-refractivity contribution in [2.75, 3.05) is 7.11 Å². The van der Waals surface area contributed by atoms with Gasteiger partial charge in [-0.3, -0.25) is 0 Å². The van der Waals surface area contributed by atoms with E-state index in [4.69, 9.17) is 17.0 Å². The van der Waals surface area contributed by atoms with Crippen molar-refractivity contribution in [1.82, 2.24) is 0 Å². The molecule has 0 radical (unpaired) electrons. The molecule has 0 unspecified atom stereocenters. The van der Waals surface area contributed by atoms with Crippen molar-refractivity contribution in [2.45, 2.75) is 4.90 Å². The molecule has 19 heavy (non-hydrogen) atoms. The number of hydrogen-bond donors (Lipinski definition) is 0. The van der Waals surface area contributed by atoms with Gasteiger partial charge in [0.1, 0.15) is 19.7 Å². The van der Waals surface area contributed by atoms with Crippen molar-refractivity contribution in [3.8, 4) is 16.2 Å². The molecule has 0 aliphatic carbocycles. The molecule has 4 nitrogen and oxygen atoms in total. The minimum atomic E-state index is -4.56. The van der Waals surface area contributed by atoms with Crippen molar-refractivity contribution in [3.05, 3.63) is 28.1 Å². The number of hydrogen-bond acceptors (Lipinski definition) is 7. The number of ether oxygens (including phenoxy) is 1. The fraction of sp³-hybridized carbons (Fsp3) is 0.100. The fourth-order valence-corrected chi connectivity index (χ4v) is 4.46. The first-order chi connectivity index (χ1) is 8.41. The molecule has 0 atom stereocenters. The largest absolute Gasteiger partial charge is 1.00 e. The Labute approximate surface area is 145 Å². The molecule has 0 aliphatic rings. The topological polar surface area (TPSA) is 66.4 Å². The Morgan fingerprint density at radius 3 is 2.42 bits per heavy atom. The van der Waals surface area contributed by atoms with Crippen molar-refractivity contribution < 1.29 is 47.3 Å². The zero-order valence-corrected chi connectivity index (χ0v) is 15.3. The first-order valence-corrected chi connectivity index (χ1v) is 8.63. The number of benzene rings is 1. The molecule has 96 valence electrons. The molecule has 9 heteroatoms. The van der Waals surface area contributed by atoms with Gasteiger partial charge in [0.15, 0.2) is 0 Å². The van der Waals surface area contributed by atoms with Crippen LogP contribution in [0.15, 0.2) is 29.2 Å². The predicted octanol–water partition coefficient (Wildman–Crippen LogP) is 0.123. The number of methoxy groups -OCH3 is 1. The van der Waals surface area contributed by atoms with Crippen LogP contribution in [0.2, 0.25) is 0 Å². The van der Waals surface area contributed by atoms with Crippen LogP contribution in [-0.4, -0.2) is 20.1 Å². The van der Waals surface area contributed by atoms with Crippen molar-refractivity contribution >= 4 is 43.0 Å². The minimum absolute atomic E-state index is 0. The van der Waals surface area contributed by atoms with Crippen LogP contribution < -0.4 is 34.3 Å². The van der Waals surface area contributed by atoms with Gasteiger partial charge in [0.25, 0.3) is 0 Å². The van der Waals surface area contributed by atoms with Crippen LogP contribution in [0.4, 0.5) is 0 Å². The third-order valence-corrected chi connectivity index (χ3v) is 5.95. The standard InChI is InChI=1S/C10H8O4S4.Na/c1-14-7-3-2-6(4-9(7)18(11,12)13)8-5-10(15)17-16-8;/h2-5H,1H3,(H,11,12,13);/q;+1/p-1. The summed E-state index contributed by atoms with van der Waals surface area (Å²) in [5.74, 6) is 0.0487. The molecule has 0 aliphatic heterocycles. The second kappa shape index (κ2) is 6.77. The Morgan fingerprint density at radius 1 is 1.26 bits per heavy atom. The normalized spacial score (nSPS) is 10.8. The summed E-state index contributed by atoms with van der Waals surface area (Å²) in [7, 11) is -0.389. The van der Waals surface area contributed by atoms with E-state index in [1.807, 2.05) is 0 Å². The van der Waals surface area contributed by atoms with Crippen LogP contribution in [0.1, 0.15) is 0 Å². The summed E-state index contributed by atoms with van der Waals surface area (Å²) in [5.41, 5.74) is 0.641. The van der Waals surface area contributed by atoms with E-state index >= 15 is 0 Å². The molecular formula is C10H7NaO4S4. The van der Waals surface area contributed by atoms with Gasteiger partial charge in [-0.2, -0.15) is 0 Å². The summed E-state index contributed by atoms with van der Waals surface area (Å²) in [6.45, 7) is 0. The molecule has 0 N–H and O–H groups in total. The van der Waals surface area contributed by atoms with Gasteiger partial charge in [-0.05, 0) is 29.8 Å². The number of rotatable bonds is 3. The van der Waals surface area contributed by atoms with Gasteiger partial charge in [-0.15, -0.1) is 0 Å². The Balaban J connectivity index is 0.00000180. The van der Waals surface area contributed by atoms with Crippen LogP contribution in [0, 0.1) is 3.82 Å². The van der Waals surface area contributed by atoms with E-state index in [1.54, 1.807) is 12.1 Å². The van der Waals surface area contributed by atoms with Crippen molar-refractivity contribution in [2.24, 2.45) is 0 Å². The second-order valence-electron chi connectivity index (χ2n) is 3.31. The van der Waals surface area contributed by atoms with Crippen LogP contribution in [0.25, 0.3) is 10.4 Å². The average molecular weight is 342 g/mol. The molecule has 0 spiro atoms. The predicted molar refractivity (Wildman–Crippen MR) is 73.0 cm³/mol. The van der Waals surface area contributed by atoms with E-state index < -0.39 is 10.1 Å². The molecule has 1 heterocycles. The van der Waals surface area contributed by atoms with Gasteiger partial charge >= 0.3 is 29.6 Å². The van der Waals surface area contributed by atoms with Crippen LogP contribution in [0.5, 0.6) is 5.75 Å². The molecule has 1 aromatic heterocycles. The van der Waals surface area contributed by atoms with Crippen LogP contribution in [-0.2, 0) is 10.1 Å². The van der Waals surface area contributed by atoms with E-state index in [-0.39, 0.29) is 40.2 Å². The average Bonchev–Trinajstić information content (AvgIpc) is 2.74. The third kappa shape index (κ3) is 4.08. The first-order valence-electron chi connectivity index (χ1n) is 4.66. The van der Waals surface area contributed by atoms with Crippen LogP contribution in [0.3, 0.4) is 0 Å². The fourth-order valence-electron chi connectivity index (χ4n) is 1.40. The molecule has 1 aromatic carbocycles. The van der Waals surface area contributed by atoms with E-state index in [0.29, 0.717) is 5.56 Å². The Bertz CT molecular complexity index is 732. The van der Waals surface area contributed by atoms with Gasteiger partial charge in [-0.25, -0.2) is 8.42 Å². The van der Waals surface area contributed by atoms with Crippen LogP contribution >= 0.6 is 32.9 Å². The molecule has 0 saturated carbocycles. The van der Waals surface area contributed by atoms with Crippen molar-refractivity contribution in [1.29, 1.82) is 0 Å². The smallest absolute Gasteiger partial charge is 0.744 e. The van der Waals surface area contributed by atoms with E-state index in [9.17, 15) is 13.0 Å². The summed E-state index contributed by atoms with van der Waals surface area (Å²) in [4.78, 5) is 0.476. The van der Waals surface area contributed by atoms with Gasteiger partial charge in [0.05, 0.1) is 12.0 Å². The van der Waals surface area contributed by atoms with Gasteiger partial charge in [-0.1, -0.05) is 32.9 Å². The van der Waals surface area contributed by atoms with Gasteiger partial charge < -0.3 is 9.29 Å². The van der Waals surface area contributed by atoms with Gasteiger partial charge in [0.2, 0.25) is 0 Å². The summed E-state index contributed by atoms with van der Waals surface area (Å²) in [6.07, 6.45) is 0. The van der Waals surface area contributed by atoms with Crippen molar-refractivity contribution in [3.63, 3.8) is 0 Å². The molecular weight excluding hydrogens is 335 g/mol. The van der Waals surface area contributed by atoms with Gasteiger partial charge in [0, 0.05) is 4.88 Å². The molecule has 0 bridgehead atoms. The second-order valence-corrected chi connectivity index (χ2v) is 7.57. The minimum Gasteiger partial charge on any atom is -0.744 e. The Hall–Kier alpha value is 0.200. The molecule has 2 rings (SSSR count). The van der Waals surface area contributed by atoms with E-state index in [1.165, 1.54) is 39.9 Å². The monoisotopic (exact) mass is 342 g/mol.